The minimum absolute atomic E-state index is 0.295. The predicted molar refractivity (Wildman–Crippen MR) is 92.0 cm³/mol. The molecule has 1 aliphatic rings. The van der Waals surface area contributed by atoms with Crippen molar-refractivity contribution in [3.63, 3.8) is 0 Å². The summed E-state index contributed by atoms with van der Waals surface area (Å²) in [5.74, 6) is 2.14. The topological polar surface area (TPSA) is 37.7 Å². The summed E-state index contributed by atoms with van der Waals surface area (Å²) in [6.07, 6.45) is 5.76. The fourth-order valence-electron chi connectivity index (χ4n) is 2.94. The Labute approximate surface area is 134 Å². The maximum Gasteiger partial charge on any atom is 0.213 e. The summed E-state index contributed by atoms with van der Waals surface area (Å²) in [4.78, 5) is 11.1. The van der Waals surface area contributed by atoms with E-state index < -0.39 is 0 Å². The van der Waals surface area contributed by atoms with Crippen LogP contribution in [-0.4, -0.2) is 35.9 Å². The number of aromatic nitrogens is 1. The van der Waals surface area contributed by atoms with Gasteiger partial charge in [-0.05, 0) is 51.0 Å². The van der Waals surface area contributed by atoms with Crippen LogP contribution in [0.25, 0.3) is 0 Å². The minimum Gasteiger partial charge on any atom is -0.474 e. The Morgan fingerprint density at radius 1 is 1.36 bits per heavy atom. The largest absolute Gasteiger partial charge is 0.474 e. The molecule has 1 aromatic rings. The first-order valence-corrected chi connectivity index (χ1v) is 8.38. The molecule has 1 aromatic heterocycles. The van der Waals surface area contributed by atoms with Crippen molar-refractivity contribution in [1.29, 1.82) is 0 Å². The van der Waals surface area contributed by atoms with E-state index in [0.29, 0.717) is 12.0 Å². The molecule has 3 atom stereocenters. The van der Waals surface area contributed by atoms with Gasteiger partial charge in [0.1, 0.15) is 6.10 Å². The van der Waals surface area contributed by atoms with E-state index in [-0.39, 0.29) is 0 Å². The second-order valence-electron chi connectivity index (χ2n) is 6.62. The van der Waals surface area contributed by atoms with Crippen molar-refractivity contribution in [2.75, 3.05) is 13.6 Å². The number of hydrogen-bond acceptors (Lipinski definition) is 3. The van der Waals surface area contributed by atoms with Crippen LogP contribution in [0.15, 0.2) is 17.1 Å². The summed E-state index contributed by atoms with van der Waals surface area (Å²) in [5, 5.41) is 0. The Morgan fingerprint density at radius 3 is 2.77 bits per heavy atom. The van der Waals surface area contributed by atoms with Crippen LogP contribution in [0.5, 0.6) is 5.88 Å². The van der Waals surface area contributed by atoms with Gasteiger partial charge in [-0.15, -0.1) is 0 Å². The molecule has 0 aliphatic heterocycles. The molecule has 4 nitrogen and oxygen atoms in total. The molecule has 122 valence electrons. The van der Waals surface area contributed by atoms with Gasteiger partial charge in [-0.1, -0.05) is 13.8 Å². The van der Waals surface area contributed by atoms with Gasteiger partial charge in [0.05, 0.1) is 17.7 Å². The lowest BCUT2D eigenvalue weighted by Gasteiger charge is -2.32. The third-order valence-corrected chi connectivity index (χ3v) is 4.55. The number of pyridine rings is 1. The number of rotatable bonds is 5. The highest BCUT2D eigenvalue weighted by Gasteiger charge is 2.27. The van der Waals surface area contributed by atoms with Gasteiger partial charge in [0.15, 0.2) is 0 Å². The molecule has 2 rings (SSSR count). The van der Waals surface area contributed by atoms with Gasteiger partial charge in [-0.3, -0.25) is 0 Å². The first-order chi connectivity index (χ1) is 10.5. The smallest absolute Gasteiger partial charge is 0.213 e. The van der Waals surface area contributed by atoms with Gasteiger partial charge in [0, 0.05) is 19.7 Å². The van der Waals surface area contributed by atoms with Gasteiger partial charge >= 0.3 is 0 Å². The SMILES string of the molecule is CCN(C)C=Nc1ccc(OC2CCC(C)CC2C)nc1C. The zero-order chi connectivity index (χ0) is 16.1. The van der Waals surface area contributed by atoms with Crippen molar-refractivity contribution in [3.05, 3.63) is 17.8 Å². The Balaban J connectivity index is 2.01. The van der Waals surface area contributed by atoms with Crippen molar-refractivity contribution >= 4 is 12.0 Å². The molecule has 0 amide bonds. The first-order valence-electron chi connectivity index (χ1n) is 8.38. The predicted octanol–water partition coefficient (Wildman–Crippen LogP) is 4.21. The van der Waals surface area contributed by atoms with Gasteiger partial charge in [0.2, 0.25) is 5.88 Å². The zero-order valence-electron chi connectivity index (χ0n) is 14.5. The van der Waals surface area contributed by atoms with E-state index in [1.165, 1.54) is 12.8 Å². The summed E-state index contributed by atoms with van der Waals surface area (Å²) < 4.78 is 6.13. The maximum absolute atomic E-state index is 6.13. The normalized spacial score (nSPS) is 25.4. The number of aryl methyl sites for hydroxylation is 1. The Hall–Kier alpha value is -1.58. The molecule has 1 aliphatic carbocycles. The van der Waals surface area contributed by atoms with E-state index in [4.69, 9.17) is 4.74 Å². The monoisotopic (exact) mass is 303 g/mol. The van der Waals surface area contributed by atoms with Crippen LogP contribution in [-0.2, 0) is 0 Å². The highest BCUT2D eigenvalue weighted by Crippen LogP contribution is 2.31. The molecule has 0 bridgehead atoms. The quantitative estimate of drug-likeness (QED) is 0.604. The molecule has 1 heterocycles. The molecule has 0 saturated heterocycles. The summed E-state index contributed by atoms with van der Waals surface area (Å²) >= 11 is 0. The molecule has 0 spiro atoms. The summed E-state index contributed by atoms with van der Waals surface area (Å²) in [5.41, 5.74) is 1.81. The number of hydrogen-bond donors (Lipinski definition) is 0. The molecule has 22 heavy (non-hydrogen) atoms. The third kappa shape index (κ3) is 4.46. The molecular formula is C18H29N3O. The molecule has 0 aromatic carbocycles. The van der Waals surface area contributed by atoms with Crippen molar-refractivity contribution < 1.29 is 4.74 Å². The second-order valence-corrected chi connectivity index (χ2v) is 6.62. The molecule has 0 N–H and O–H groups in total. The van der Waals surface area contributed by atoms with E-state index in [1.807, 2.05) is 37.3 Å². The minimum atomic E-state index is 0.295. The maximum atomic E-state index is 6.13. The highest BCUT2D eigenvalue weighted by atomic mass is 16.5. The van der Waals surface area contributed by atoms with Crippen LogP contribution >= 0.6 is 0 Å². The van der Waals surface area contributed by atoms with Crippen molar-refractivity contribution in [3.8, 4) is 5.88 Å². The standard InChI is InChI=1S/C18H29N3O/c1-6-21(5)12-19-16-8-10-18(20-15(16)4)22-17-9-7-13(2)11-14(17)3/h8,10,12-14,17H,6-7,9,11H2,1-5H3. The number of ether oxygens (including phenoxy) is 1. The fraction of sp³-hybridized carbons (Fsp3) is 0.667. The Bertz CT molecular complexity index is 515. The van der Waals surface area contributed by atoms with Crippen molar-refractivity contribution in [2.45, 2.75) is 53.1 Å². The van der Waals surface area contributed by atoms with Crippen LogP contribution in [0.1, 0.15) is 45.7 Å². The van der Waals surface area contributed by atoms with Crippen LogP contribution in [0.3, 0.4) is 0 Å². The molecule has 1 saturated carbocycles. The average Bonchev–Trinajstić information content (AvgIpc) is 2.49. The van der Waals surface area contributed by atoms with Crippen LogP contribution in [0.2, 0.25) is 0 Å². The van der Waals surface area contributed by atoms with Crippen molar-refractivity contribution in [1.82, 2.24) is 9.88 Å². The summed E-state index contributed by atoms with van der Waals surface area (Å²) in [6.45, 7) is 9.63. The van der Waals surface area contributed by atoms with E-state index in [1.54, 1.807) is 0 Å². The van der Waals surface area contributed by atoms with Gasteiger partial charge in [0.25, 0.3) is 0 Å². The lowest BCUT2D eigenvalue weighted by molar-refractivity contribution is 0.0781. The van der Waals surface area contributed by atoms with E-state index in [2.05, 4.69) is 30.7 Å². The van der Waals surface area contributed by atoms with E-state index in [0.717, 1.165) is 36.1 Å². The van der Waals surface area contributed by atoms with Gasteiger partial charge < -0.3 is 9.64 Å². The second kappa shape index (κ2) is 7.61. The lowest BCUT2D eigenvalue weighted by Crippen LogP contribution is -2.31. The third-order valence-electron chi connectivity index (χ3n) is 4.55. The Kier molecular flexibility index (Phi) is 5.81. The molecule has 1 fully saturated rings. The van der Waals surface area contributed by atoms with E-state index in [9.17, 15) is 0 Å². The average molecular weight is 303 g/mol. The van der Waals surface area contributed by atoms with Crippen LogP contribution in [0, 0.1) is 18.8 Å². The zero-order valence-corrected chi connectivity index (χ0v) is 14.5. The first kappa shape index (κ1) is 16.8. The van der Waals surface area contributed by atoms with E-state index >= 15 is 0 Å². The molecular weight excluding hydrogens is 274 g/mol. The highest BCUT2D eigenvalue weighted by molar-refractivity contribution is 5.62. The van der Waals surface area contributed by atoms with Crippen molar-refractivity contribution in [2.24, 2.45) is 16.8 Å². The lowest BCUT2D eigenvalue weighted by atomic mass is 9.81. The number of aliphatic imine (C=N–C) groups is 1. The van der Waals surface area contributed by atoms with Gasteiger partial charge in [-0.25, -0.2) is 9.98 Å². The van der Waals surface area contributed by atoms with Gasteiger partial charge in [-0.2, -0.15) is 0 Å². The molecule has 4 heteroatoms. The fourth-order valence-corrected chi connectivity index (χ4v) is 2.94. The summed E-state index contributed by atoms with van der Waals surface area (Å²) in [7, 11) is 2.01. The molecule has 0 radical (unpaired) electrons. The summed E-state index contributed by atoms with van der Waals surface area (Å²) in [6, 6.07) is 3.93. The van der Waals surface area contributed by atoms with Crippen LogP contribution < -0.4 is 4.74 Å². The molecule has 3 unspecified atom stereocenters. The number of nitrogens with zero attached hydrogens (tertiary/aromatic N) is 3. The van der Waals surface area contributed by atoms with Crippen LogP contribution in [0.4, 0.5) is 5.69 Å². The Morgan fingerprint density at radius 2 is 2.14 bits per heavy atom.